The molecule has 3 rings (SSSR count). The molecule has 0 unspecified atom stereocenters. The number of carbonyl (C=O) groups is 2. The van der Waals surface area contributed by atoms with Crippen LogP contribution in [0.2, 0.25) is 0 Å². The number of ether oxygens (including phenoxy) is 1. The summed E-state index contributed by atoms with van der Waals surface area (Å²) in [5, 5.41) is 0. The Labute approximate surface area is 143 Å². The number of hydrogen-bond acceptors (Lipinski definition) is 3. The summed E-state index contributed by atoms with van der Waals surface area (Å²) < 4.78 is 4.91. The van der Waals surface area contributed by atoms with Crippen LogP contribution in [0.1, 0.15) is 37.7 Å². The molecule has 2 aliphatic heterocycles. The minimum Gasteiger partial charge on any atom is -0.448 e. The molecule has 1 aromatic carbocycles. The topological polar surface area (TPSA) is 49.9 Å². The van der Waals surface area contributed by atoms with Crippen LogP contribution in [-0.2, 0) is 16.0 Å². The van der Waals surface area contributed by atoms with Gasteiger partial charge in [0.25, 0.3) is 0 Å². The fourth-order valence-corrected chi connectivity index (χ4v) is 3.62. The Hall–Kier alpha value is -2.04. The minimum absolute atomic E-state index is 0.225. The lowest BCUT2D eigenvalue weighted by Crippen LogP contribution is -2.45. The highest BCUT2D eigenvalue weighted by Crippen LogP contribution is 2.22. The Morgan fingerprint density at radius 3 is 2.75 bits per heavy atom. The number of benzene rings is 1. The number of amides is 2. The van der Waals surface area contributed by atoms with Crippen LogP contribution in [0, 0.1) is 0 Å². The summed E-state index contributed by atoms with van der Waals surface area (Å²) in [5.41, 5.74) is 1.29. The van der Waals surface area contributed by atoms with E-state index in [2.05, 4.69) is 29.2 Å². The Morgan fingerprint density at radius 2 is 2.00 bits per heavy atom. The van der Waals surface area contributed by atoms with Gasteiger partial charge in [-0.25, -0.2) is 4.79 Å². The van der Waals surface area contributed by atoms with Crippen LogP contribution < -0.4 is 0 Å². The van der Waals surface area contributed by atoms with Crippen molar-refractivity contribution in [2.75, 3.05) is 26.2 Å². The van der Waals surface area contributed by atoms with Crippen LogP contribution in [0.15, 0.2) is 30.3 Å². The van der Waals surface area contributed by atoms with E-state index in [1.54, 1.807) is 4.90 Å². The van der Waals surface area contributed by atoms with Crippen LogP contribution in [0.25, 0.3) is 0 Å². The van der Waals surface area contributed by atoms with E-state index in [-0.39, 0.29) is 12.0 Å². The Kier molecular flexibility index (Phi) is 5.72. The molecule has 0 saturated carbocycles. The van der Waals surface area contributed by atoms with Gasteiger partial charge in [0.1, 0.15) is 6.61 Å². The van der Waals surface area contributed by atoms with Crippen LogP contribution in [0.4, 0.5) is 4.79 Å². The number of nitrogens with zero attached hydrogens (tertiary/aromatic N) is 2. The lowest BCUT2D eigenvalue weighted by Gasteiger charge is -2.36. The van der Waals surface area contributed by atoms with Gasteiger partial charge in [0.2, 0.25) is 5.91 Å². The van der Waals surface area contributed by atoms with Gasteiger partial charge in [-0.05, 0) is 37.7 Å². The molecule has 0 aliphatic carbocycles. The first-order valence-electron chi connectivity index (χ1n) is 8.99. The average Bonchev–Trinajstić information content (AvgIpc) is 3.01. The fraction of sp³-hybridized carbons (Fsp3) is 0.579. The zero-order valence-electron chi connectivity index (χ0n) is 14.2. The molecule has 2 aliphatic rings. The van der Waals surface area contributed by atoms with Crippen LogP contribution in [-0.4, -0.2) is 54.1 Å². The zero-order valence-corrected chi connectivity index (χ0v) is 14.2. The maximum atomic E-state index is 12.6. The van der Waals surface area contributed by atoms with Gasteiger partial charge in [-0.3, -0.25) is 4.79 Å². The van der Waals surface area contributed by atoms with Crippen molar-refractivity contribution >= 4 is 12.0 Å². The van der Waals surface area contributed by atoms with Gasteiger partial charge in [-0.2, -0.15) is 0 Å². The molecule has 1 aromatic rings. The molecule has 0 bridgehead atoms. The average molecular weight is 330 g/mol. The van der Waals surface area contributed by atoms with Crippen molar-refractivity contribution < 1.29 is 14.3 Å². The fourth-order valence-electron chi connectivity index (χ4n) is 3.62. The van der Waals surface area contributed by atoms with Gasteiger partial charge in [0.05, 0.1) is 6.54 Å². The number of carbonyl (C=O) groups excluding carboxylic acids is 2. The second-order valence-electron chi connectivity index (χ2n) is 6.63. The molecular weight excluding hydrogens is 304 g/mol. The zero-order chi connectivity index (χ0) is 16.8. The molecule has 2 heterocycles. The minimum atomic E-state index is -0.248. The van der Waals surface area contributed by atoms with E-state index in [9.17, 15) is 9.59 Å². The van der Waals surface area contributed by atoms with Crippen molar-refractivity contribution in [3.63, 3.8) is 0 Å². The monoisotopic (exact) mass is 330 g/mol. The first-order valence-corrected chi connectivity index (χ1v) is 8.99. The van der Waals surface area contributed by atoms with Crippen molar-refractivity contribution in [3.8, 4) is 0 Å². The SMILES string of the molecule is O=C1OCCN1CCCC(=O)N1CCCC[C@H]1Cc1ccccc1. The van der Waals surface area contributed by atoms with Crippen molar-refractivity contribution in [3.05, 3.63) is 35.9 Å². The molecule has 5 heteroatoms. The normalized spacial score (nSPS) is 21.0. The molecule has 2 saturated heterocycles. The predicted octanol–water partition coefficient (Wildman–Crippen LogP) is 2.84. The van der Waals surface area contributed by atoms with Gasteiger partial charge in [-0.1, -0.05) is 30.3 Å². The van der Waals surface area contributed by atoms with Crippen molar-refractivity contribution in [1.29, 1.82) is 0 Å². The third-order valence-electron chi connectivity index (χ3n) is 4.93. The van der Waals surface area contributed by atoms with E-state index in [1.165, 1.54) is 12.0 Å². The summed E-state index contributed by atoms with van der Waals surface area (Å²) in [6, 6.07) is 10.7. The maximum absolute atomic E-state index is 12.6. The molecule has 2 amide bonds. The molecule has 1 atom stereocenters. The largest absolute Gasteiger partial charge is 0.448 e. The molecule has 130 valence electrons. The summed E-state index contributed by atoms with van der Waals surface area (Å²) in [6.07, 6.45) is 5.28. The highest BCUT2D eigenvalue weighted by atomic mass is 16.6. The van der Waals surface area contributed by atoms with Crippen LogP contribution in [0.5, 0.6) is 0 Å². The molecule has 5 nitrogen and oxygen atoms in total. The maximum Gasteiger partial charge on any atom is 0.409 e. The number of likely N-dealkylation sites (tertiary alicyclic amines) is 1. The summed E-state index contributed by atoms with van der Waals surface area (Å²) in [7, 11) is 0. The second-order valence-corrected chi connectivity index (χ2v) is 6.63. The van der Waals surface area contributed by atoms with E-state index in [0.29, 0.717) is 38.6 Å². The number of rotatable bonds is 6. The summed E-state index contributed by atoms with van der Waals surface area (Å²) in [5.74, 6) is 0.225. The van der Waals surface area contributed by atoms with Crippen molar-refractivity contribution in [2.24, 2.45) is 0 Å². The van der Waals surface area contributed by atoms with Gasteiger partial charge < -0.3 is 14.5 Å². The quantitative estimate of drug-likeness (QED) is 0.806. The third-order valence-corrected chi connectivity index (χ3v) is 4.93. The predicted molar refractivity (Wildman–Crippen MR) is 91.7 cm³/mol. The summed E-state index contributed by atoms with van der Waals surface area (Å²) >= 11 is 0. The first-order chi connectivity index (χ1) is 11.7. The lowest BCUT2D eigenvalue weighted by atomic mass is 9.95. The Bertz CT molecular complexity index is 561. The molecule has 2 fully saturated rings. The van der Waals surface area contributed by atoms with Crippen LogP contribution >= 0.6 is 0 Å². The molecule has 0 N–H and O–H groups in total. The van der Waals surface area contributed by atoms with E-state index < -0.39 is 0 Å². The highest BCUT2D eigenvalue weighted by molar-refractivity contribution is 5.76. The van der Waals surface area contributed by atoms with Gasteiger partial charge in [-0.15, -0.1) is 0 Å². The molecule has 0 spiro atoms. The van der Waals surface area contributed by atoms with Crippen molar-refractivity contribution in [2.45, 2.75) is 44.6 Å². The smallest absolute Gasteiger partial charge is 0.409 e. The number of piperidine rings is 1. The standard InChI is InChI=1S/C19H26N2O3/c22-18(10-6-11-20-13-14-24-19(20)23)21-12-5-4-9-17(21)15-16-7-2-1-3-8-16/h1-3,7-8,17H,4-6,9-15H2/t17-/m0/s1. The summed E-state index contributed by atoms with van der Waals surface area (Å²) in [4.78, 5) is 27.8. The van der Waals surface area contributed by atoms with E-state index in [4.69, 9.17) is 4.74 Å². The Balaban J connectivity index is 1.50. The molecule has 0 radical (unpaired) electrons. The van der Waals surface area contributed by atoms with Crippen LogP contribution in [0.3, 0.4) is 0 Å². The van der Waals surface area contributed by atoms with Gasteiger partial charge >= 0.3 is 6.09 Å². The molecular formula is C19H26N2O3. The highest BCUT2D eigenvalue weighted by Gasteiger charge is 2.27. The molecule has 24 heavy (non-hydrogen) atoms. The third kappa shape index (κ3) is 4.28. The van der Waals surface area contributed by atoms with E-state index in [1.807, 2.05) is 6.07 Å². The number of hydrogen-bond donors (Lipinski definition) is 0. The molecule has 0 aromatic heterocycles. The first kappa shape index (κ1) is 16.8. The number of cyclic esters (lactones) is 1. The summed E-state index contributed by atoms with van der Waals surface area (Å²) in [6.45, 7) is 2.59. The van der Waals surface area contributed by atoms with E-state index in [0.717, 1.165) is 25.8 Å². The van der Waals surface area contributed by atoms with Gasteiger partial charge in [0, 0.05) is 25.6 Å². The Morgan fingerprint density at radius 1 is 1.17 bits per heavy atom. The van der Waals surface area contributed by atoms with E-state index >= 15 is 0 Å². The van der Waals surface area contributed by atoms with Crippen molar-refractivity contribution in [1.82, 2.24) is 9.80 Å². The lowest BCUT2D eigenvalue weighted by molar-refractivity contribution is -0.135. The van der Waals surface area contributed by atoms with Gasteiger partial charge in [0.15, 0.2) is 0 Å². The second kappa shape index (κ2) is 8.18.